The van der Waals surface area contributed by atoms with Crippen LogP contribution in [0.4, 0.5) is 5.69 Å². The van der Waals surface area contributed by atoms with E-state index in [2.05, 4.69) is 13.0 Å². The number of ether oxygens (including phenoxy) is 2. The second-order valence-corrected chi connectivity index (χ2v) is 6.45. The zero-order chi connectivity index (χ0) is 18.7. The molecule has 0 radical (unpaired) electrons. The second kappa shape index (κ2) is 7.60. The summed E-state index contributed by atoms with van der Waals surface area (Å²) in [5.41, 5.74) is 4.16. The number of methoxy groups -OCH3 is 2. The van der Waals surface area contributed by atoms with Crippen LogP contribution in [0.25, 0.3) is 0 Å². The maximum absolute atomic E-state index is 13.2. The highest BCUT2D eigenvalue weighted by Crippen LogP contribution is 2.30. The third kappa shape index (κ3) is 3.43. The molecule has 1 heterocycles. The van der Waals surface area contributed by atoms with Crippen LogP contribution in [0.2, 0.25) is 0 Å². The molecule has 5 nitrogen and oxygen atoms in total. The number of carbonyl (C=O) groups is 2. The number of fused-ring (bicyclic) bond motifs is 1. The molecule has 26 heavy (non-hydrogen) atoms. The van der Waals surface area contributed by atoms with E-state index in [0.29, 0.717) is 23.4 Å². The summed E-state index contributed by atoms with van der Waals surface area (Å²) in [6, 6.07) is 11.0. The van der Waals surface area contributed by atoms with Crippen molar-refractivity contribution >= 4 is 17.6 Å². The molecule has 0 spiro atoms. The first-order valence-corrected chi connectivity index (χ1v) is 8.73. The number of hydrogen-bond acceptors (Lipinski definition) is 4. The smallest absolute Gasteiger partial charge is 0.341 e. The number of amides is 1. The normalized spacial score (nSPS) is 13.6. The van der Waals surface area contributed by atoms with E-state index in [4.69, 9.17) is 9.47 Å². The maximum Gasteiger partial charge on any atom is 0.341 e. The van der Waals surface area contributed by atoms with Gasteiger partial charge >= 0.3 is 5.97 Å². The molecule has 3 rings (SSSR count). The van der Waals surface area contributed by atoms with Crippen LogP contribution in [0.15, 0.2) is 36.4 Å². The minimum absolute atomic E-state index is 0.0910. The molecule has 0 bridgehead atoms. The van der Waals surface area contributed by atoms with E-state index >= 15 is 0 Å². The number of anilines is 1. The lowest BCUT2D eigenvalue weighted by Gasteiger charge is -2.23. The SMILES string of the molecule is COC(=O)c1ccc(C(=O)N2CCCCc3cc(C)ccc32)cc1OC. The molecule has 0 N–H and O–H groups in total. The number of esters is 1. The van der Waals surface area contributed by atoms with Crippen molar-refractivity contribution in [1.29, 1.82) is 0 Å². The lowest BCUT2D eigenvalue weighted by Crippen LogP contribution is -2.31. The van der Waals surface area contributed by atoms with Crippen molar-refractivity contribution < 1.29 is 19.1 Å². The summed E-state index contributed by atoms with van der Waals surface area (Å²) in [7, 11) is 2.79. The standard InChI is InChI=1S/C21H23NO4/c1-14-7-10-18-15(12-14)6-4-5-11-22(18)20(23)16-8-9-17(21(24)26-3)19(13-16)25-2/h7-10,12-13H,4-6,11H2,1-3H3. The van der Waals surface area contributed by atoms with Crippen LogP contribution in [0.1, 0.15) is 44.7 Å². The van der Waals surface area contributed by atoms with E-state index in [1.54, 1.807) is 18.2 Å². The first kappa shape index (κ1) is 18.0. The zero-order valence-electron chi connectivity index (χ0n) is 15.4. The molecule has 136 valence electrons. The van der Waals surface area contributed by atoms with Crippen LogP contribution >= 0.6 is 0 Å². The van der Waals surface area contributed by atoms with Crippen molar-refractivity contribution in [2.45, 2.75) is 26.2 Å². The van der Waals surface area contributed by atoms with E-state index in [0.717, 1.165) is 24.9 Å². The van der Waals surface area contributed by atoms with E-state index in [1.807, 2.05) is 17.0 Å². The van der Waals surface area contributed by atoms with Gasteiger partial charge in [-0.25, -0.2) is 4.79 Å². The monoisotopic (exact) mass is 353 g/mol. The topological polar surface area (TPSA) is 55.8 Å². The van der Waals surface area contributed by atoms with Crippen LogP contribution in [0.3, 0.4) is 0 Å². The van der Waals surface area contributed by atoms with Crippen molar-refractivity contribution in [1.82, 2.24) is 0 Å². The van der Waals surface area contributed by atoms with Crippen molar-refractivity contribution in [3.05, 3.63) is 58.7 Å². The van der Waals surface area contributed by atoms with Crippen molar-refractivity contribution in [3.63, 3.8) is 0 Å². The Kier molecular flexibility index (Phi) is 5.26. The summed E-state index contributed by atoms with van der Waals surface area (Å²) in [4.78, 5) is 26.8. The van der Waals surface area contributed by atoms with Gasteiger partial charge in [0.2, 0.25) is 0 Å². The molecule has 1 aliphatic heterocycles. The molecule has 0 aromatic heterocycles. The number of carbonyl (C=O) groups excluding carboxylic acids is 2. The van der Waals surface area contributed by atoms with E-state index < -0.39 is 5.97 Å². The van der Waals surface area contributed by atoms with Gasteiger partial charge < -0.3 is 14.4 Å². The van der Waals surface area contributed by atoms with Crippen LogP contribution in [-0.2, 0) is 11.2 Å². The fourth-order valence-corrected chi connectivity index (χ4v) is 3.35. The molecule has 5 heteroatoms. The first-order chi connectivity index (χ1) is 12.5. The molecular weight excluding hydrogens is 330 g/mol. The van der Waals surface area contributed by atoms with Crippen LogP contribution in [0, 0.1) is 6.92 Å². The number of aryl methyl sites for hydroxylation is 2. The minimum atomic E-state index is -0.489. The molecular formula is C21H23NO4. The molecule has 0 fully saturated rings. The summed E-state index contributed by atoms with van der Waals surface area (Å²) >= 11 is 0. The van der Waals surface area contributed by atoms with Gasteiger partial charge in [-0.15, -0.1) is 0 Å². The fourth-order valence-electron chi connectivity index (χ4n) is 3.35. The molecule has 1 amide bonds. The Morgan fingerprint density at radius 1 is 1.04 bits per heavy atom. The van der Waals surface area contributed by atoms with Gasteiger partial charge in [0.05, 0.1) is 14.2 Å². The van der Waals surface area contributed by atoms with Crippen molar-refractivity contribution in [2.24, 2.45) is 0 Å². The van der Waals surface area contributed by atoms with Gasteiger partial charge in [0.15, 0.2) is 0 Å². The number of rotatable bonds is 3. The third-order valence-corrected chi connectivity index (χ3v) is 4.70. The summed E-state index contributed by atoms with van der Waals surface area (Å²) in [5.74, 6) is -0.246. The molecule has 0 unspecified atom stereocenters. The Balaban J connectivity index is 1.98. The van der Waals surface area contributed by atoms with E-state index in [-0.39, 0.29) is 5.91 Å². The summed E-state index contributed by atoms with van der Waals surface area (Å²) in [6.45, 7) is 2.74. The van der Waals surface area contributed by atoms with E-state index in [1.165, 1.54) is 25.3 Å². The predicted octanol–water partition coefficient (Wildman–Crippen LogP) is 3.77. The first-order valence-electron chi connectivity index (χ1n) is 8.73. The number of nitrogens with zero attached hydrogens (tertiary/aromatic N) is 1. The van der Waals surface area contributed by atoms with Gasteiger partial charge in [0, 0.05) is 17.8 Å². The fraction of sp³-hybridized carbons (Fsp3) is 0.333. The van der Waals surface area contributed by atoms with Gasteiger partial charge in [0.25, 0.3) is 5.91 Å². The van der Waals surface area contributed by atoms with Crippen molar-refractivity contribution in [3.8, 4) is 5.75 Å². The number of benzene rings is 2. The van der Waals surface area contributed by atoms with Crippen molar-refractivity contribution in [2.75, 3.05) is 25.7 Å². The molecule has 1 aliphatic rings. The zero-order valence-corrected chi connectivity index (χ0v) is 15.4. The quantitative estimate of drug-likeness (QED) is 0.788. The van der Waals surface area contributed by atoms with Crippen LogP contribution < -0.4 is 9.64 Å². The molecule has 0 aliphatic carbocycles. The lowest BCUT2D eigenvalue weighted by atomic mass is 10.0. The predicted molar refractivity (Wildman–Crippen MR) is 100 cm³/mol. The Labute approximate surface area is 153 Å². The van der Waals surface area contributed by atoms with Gasteiger partial charge in [-0.2, -0.15) is 0 Å². The Bertz CT molecular complexity index is 844. The Morgan fingerprint density at radius 3 is 2.58 bits per heavy atom. The highest BCUT2D eigenvalue weighted by molar-refractivity contribution is 6.07. The van der Waals surface area contributed by atoms with E-state index in [9.17, 15) is 9.59 Å². The largest absolute Gasteiger partial charge is 0.496 e. The average Bonchev–Trinajstić information content (AvgIpc) is 2.88. The summed E-state index contributed by atoms with van der Waals surface area (Å²) in [6.07, 6.45) is 2.99. The maximum atomic E-state index is 13.2. The lowest BCUT2D eigenvalue weighted by molar-refractivity contribution is 0.0596. The highest BCUT2D eigenvalue weighted by Gasteiger charge is 2.24. The molecule has 2 aromatic carbocycles. The molecule has 0 saturated carbocycles. The van der Waals surface area contributed by atoms with Gasteiger partial charge in [-0.05, 0) is 56.0 Å². The Morgan fingerprint density at radius 2 is 1.85 bits per heavy atom. The highest BCUT2D eigenvalue weighted by atomic mass is 16.5. The summed E-state index contributed by atoms with van der Waals surface area (Å²) in [5, 5.41) is 0. The molecule has 2 aromatic rings. The Hall–Kier alpha value is -2.82. The molecule has 0 atom stereocenters. The number of hydrogen-bond donors (Lipinski definition) is 0. The van der Waals surface area contributed by atoms with Gasteiger partial charge in [0.1, 0.15) is 11.3 Å². The van der Waals surface area contributed by atoms with Gasteiger partial charge in [-0.3, -0.25) is 4.79 Å². The van der Waals surface area contributed by atoms with Gasteiger partial charge in [-0.1, -0.05) is 17.7 Å². The summed E-state index contributed by atoms with van der Waals surface area (Å²) < 4.78 is 10.0. The molecule has 0 saturated heterocycles. The second-order valence-electron chi connectivity index (χ2n) is 6.45. The van der Waals surface area contributed by atoms with Crippen LogP contribution in [0.5, 0.6) is 5.75 Å². The van der Waals surface area contributed by atoms with Crippen LogP contribution in [-0.4, -0.2) is 32.6 Å². The average molecular weight is 353 g/mol. The minimum Gasteiger partial charge on any atom is -0.496 e. The third-order valence-electron chi connectivity index (χ3n) is 4.70.